The van der Waals surface area contributed by atoms with Crippen LogP contribution in [0.1, 0.15) is 54.6 Å². The van der Waals surface area contributed by atoms with Gasteiger partial charge in [0.25, 0.3) is 0 Å². The van der Waals surface area contributed by atoms with Gasteiger partial charge in [-0.3, -0.25) is 9.59 Å². The number of ether oxygens (including phenoxy) is 4. The van der Waals surface area contributed by atoms with Gasteiger partial charge in [0.1, 0.15) is 12.4 Å². The summed E-state index contributed by atoms with van der Waals surface area (Å²) in [5, 5.41) is 2.94. The van der Waals surface area contributed by atoms with E-state index < -0.39 is 54.3 Å². The largest absolute Gasteiger partial charge is 0.586 e. The van der Waals surface area contributed by atoms with Gasteiger partial charge in [0.05, 0.1) is 48.4 Å². The number of amides is 1. The molecule has 0 spiro atoms. The smallest absolute Gasteiger partial charge is 0.395 e. The average Bonchev–Trinajstić information content (AvgIpc) is 3.80. The lowest BCUT2D eigenvalue weighted by molar-refractivity contribution is -0.286. The van der Waals surface area contributed by atoms with E-state index in [9.17, 15) is 18.4 Å². The van der Waals surface area contributed by atoms with Gasteiger partial charge in [-0.05, 0) is 53.8 Å². The molecule has 1 saturated carbocycles. The van der Waals surface area contributed by atoms with Crippen molar-refractivity contribution >= 4 is 28.3 Å². The lowest BCUT2D eigenvalue weighted by Crippen LogP contribution is -2.29. The molecule has 7 rings (SSSR count). The van der Waals surface area contributed by atoms with Crippen LogP contribution in [0.5, 0.6) is 11.5 Å². The van der Waals surface area contributed by atoms with Crippen LogP contribution in [0.25, 0.3) is 10.9 Å². The number of nitrogens with one attached hydrogen (secondary N) is 1. The molecule has 1 amide bonds. The van der Waals surface area contributed by atoms with Crippen LogP contribution in [-0.2, 0) is 49.7 Å². The van der Waals surface area contributed by atoms with E-state index in [-0.39, 0.29) is 41.6 Å². The molecule has 0 saturated heterocycles. The fraction of sp³-hybridized carbons (Fsp3) is 0.300. The van der Waals surface area contributed by atoms with Crippen LogP contribution in [0.15, 0.2) is 97.1 Å². The number of carbonyl (C=O) groups excluding carboxylic acids is 2. The summed E-state index contributed by atoms with van der Waals surface area (Å²) >= 11 is 0. The first-order valence-electron chi connectivity index (χ1n) is 18.3. The van der Waals surface area contributed by atoms with Gasteiger partial charge in [-0.25, -0.2) is 4.39 Å². The molecule has 1 aromatic heterocycles. The van der Waals surface area contributed by atoms with Crippen molar-refractivity contribution in [2.75, 3.05) is 18.4 Å². The first-order chi connectivity index (χ1) is 25.9. The Bertz CT molecular complexity index is 2260. The Hall–Kier alpha value is -5.13. The Morgan fingerprint density at radius 2 is 1.53 bits per heavy atom. The summed E-state index contributed by atoms with van der Waals surface area (Å²) in [7, 11) is 0. The van der Waals surface area contributed by atoms with Crippen molar-refractivity contribution in [3.8, 4) is 11.5 Å². The van der Waals surface area contributed by atoms with Crippen molar-refractivity contribution in [2.45, 2.75) is 63.6 Å². The minimum Gasteiger partial charge on any atom is -0.395 e. The number of benzene rings is 4. The summed E-state index contributed by atoms with van der Waals surface area (Å²) in [6, 6.07) is 25.8. The van der Waals surface area contributed by atoms with Crippen molar-refractivity contribution in [3.05, 3.63) is 125 Å². The van der Waals surface area contributed by atoms with E-state index in [1.54, 1.807) is 74.5 Å². The van der Waals surface area contributed by atoms with Crippen molar-refractivity contribution in [2.24, 2.45) is 0 Å². The maximum Gasteiger partial charge on any atom is 0.586 e. The molecule has 8 nitrogen and oxygen atoms in total. The van der Waals surface area contributed by atoms with E-state index in [0.717, 1.165) is 11.6 Å². The number of carbonyl (C=O) groups is 2. The third-order valence-corrected chi connectivity index (χ3v) is 9.00. The van der Waals surface area contributed by atoms with Gasteiger partial charge in [-0.2, -0.15) is 0 Å². The highest BCUT2D eigenvalue weighted by molar-refractivity contribution is 6.03. The minimum atomic E-state index is -3.83. The van der Waals surface area contributed by atoms with Crippen LogP contribution >= 0.6 is 0 Å². The molecule has 1 aliphatic carbocycles. The van der Waals surface area contributed by atoms with Crippen LogP contribution in [0, 0.1) is 5.82 Å². The van der Waals surface area contributed by atoms with E-state index in [0.29, 0.717) is 29.4 Å². The number of anilines is 1. The zero-order valence-electron chi connectivity index (χ0n) is 31.8. The molecule has 2 aliphatic rings. The summed E-state index contributed by atoms with van der Waals surface area (Å²) in [6.07, 6.45) is -3.11. The minimum absolute atomic E-state index is 0.0787. The van der Waals surface area contributed by atoms with Gasteiger partial charge in [0.15, 0.2) is 17.3 Å². The van der Waals surface area contributed by atoms with Gasteiger partial charge in [0, 0.05) is 22.6 Å². The summed E-state index contributed by atoms with van der Waals surface area (Å²) < 4.78 is 99.9. The standard InChI is InChI=1S/C40H37F3N2O6/c1-38(2,25-49-23-27-11-7-4-8-12-27)36-18-28-17-32(31(41)20-33(28)45(36)21-30(46)24-48-22-26-9-5-3-6-10-26)44-37(47)39(15-16-39)29-13-14-34-35(19-29)51-40(42,43)50-34/h3-14,17-20H,15-16,21-25H2,1-2H3,(H,44,47)/i24D2,25D2. The Kier molecular flexibility index (Phi) is 7.85. The molecule has 0 radical (unpaired) electrons. The zero-order chi connectivity index (χ0) is 39.4. The number of nitrogens with zero attached hydrogens (tertiary/aromatic N) is 1. The van der Waals surface area contributed by atoms with E-state index in [4.69, 9.17) is 15.0 Å². The number of hydrogen-bond acceptors (Lipinski definition) is 6. The Balaban J connectivity index is 1.21. The molecule has 4 aromatic carbocycles. The van der Waals surface area contributed by atoms with Gasteiger partial charge in [0.2, 0.25) is 5.91 Å². The molecular weight excluding hydrogens is 661 g/mol. The number of rotatable bonds is 14. The normalized spacial score (nSPS) is 17.3. The van der Waals surface area contributed by atoms with Crippen molar-refractivity contribution < 1.29 is 47.2 Å². The molecule has 1 N–H and O–H groups in total. The lowest BCUT2D eigenvalue weighted by atomic mass is 9.90. The number of fused-ring (bicyclic) bond motifs is 2. The summed E-state index contributed by atoms with van der Waals surface area (Å²) in [4.78, 5) is 27.4. The van der Waals surface area contributed by atoms with Crippen molar-refractivity contribution in [1.82, 2.24) is 4.57 Å². The highest BCUT2D eigenvalue weighted by Gasteiger charge is 2.53. The molecule has 1 fully saturated rings. The van der Waals surface area contributed by atoms with E-state index >= 15 is 4.39 Å². The Morgan fingerprint density at radius 3 is 2.20 bits per heavy atom. The zero-order valence-corrected chi connectivity index (χ0v) is 27.8. The molecule has 2 heterocycles. The van der Waals surface area contributed by atoms with Crippen LogP contribution in [0.4, 0.5) is 18.9 Å². The molecule has 0 atom stereocenters. The second kappa shape index (κ2) is 13.5. The van der Waals surface area contributed by atoms with Crippen molar-refractivity contribution in [3.63, 3.8) is 0 Å². The predicted octanol–water partition coefficient (Wildman–Crippen LogP) is 8.05. The van der Waals surface area contributed by atoms with Gasteiger partial charge < -0.3 is 28.8 Å². The van der Waals surface area contributed by atoms with Gasteiger partial charge >= 0.3 is 6.29 Å². The quantitative estimate of drug-likeness (QED) is 0.126. The number of hydrogen-bond donors (Lipinski definition) is 1. The molecule has 0 unspecified atom stereocenters. The number of alkyl halides is 2. The SMILES string of the molecule is [2H]C([2H])(OCc1ccccc1)C(=O)Cn1c(C(C)(C)C([2H])([2H])OCc2ccccc2)cc2cc(NC(=O)C3(c4ccc5c(c4)OC(F)(F)O5)CC3)c(F)cc21. The fourth-order valence-electron chi connectivity index (χ4n) is 6.20. The molecule has 0 bridgehead atoms. The number of ketones is 1. The molecular formula is C40H37F3N2O6. The second-order valence-corrected chi connectivity index (χ2v) is 13.2. The third-order valence-electron chi connectivity index (χ3n) is 9.00. The van der Waals surface area contributed by atoms with Crippen LogP contribution in [0.3, 0.4) is 0 Å². The highest BCUT2D eigenvalue weighted by Crippen LogP contribution is 2.52. The van der Waals surface area contributed by atoms with E-state index in [1.165, 1.54) is 28.8 Å². The Morgan fingerprint density at radius 1 is 0.882 bits per heavy atom. The first kappa shape index (κ1) is 29.6. The topological polar surface area (TPSA) is 88.0 Å². The van der Waals surface area contributed by atoms with Crippen LogP contribution in [0.2, 0.25) is 0 Å². The highest BCUT2D eigenvalue weighted by atomic mass is 19.3. The van der Waals surface area contributed by atoms with E-state index in [1.807, 2.05) is 6.07 Å². The maximum absolute atomic E-state index is 16.0. The Labute approximate surface area is 298 Å². The second-order valence-electron chi connectivity index (χ2n) is 13.2. The van der Waals surface area contributed by atoms with Gasteiger partial charge in [-0.1, -0.05) is 80.6 Å². The third kappa shape index (κ3) is 7.36. The summed E-state index contributed by atoms with van der Waals surface area (Å²) in [5.74, 6) is -2.86. The number of Topliss-reactive ketones (excluding diaryl/α,β-unsaturated/α-hetero) is 1. The molecule has 5 aromatic rings. The first-order valence-corrected chi connectivity index (χ1v) is 16.3. The van der Waals surface area contributed by atoms with Gasteiger partial charge in [-0.15, -0.1) is 8.78 Å². The number of aromatic nitrogens is 1. The molecule has 11 heteroatoms. The van der Waals surface area contributed by atoms with E-state index in [2.05, 4.69) is 14.8 Å². The molecule has 264 valence electrons. The number of halogens is 3. The van der Waals surface area contributed by atoms with Crippen LogP contribution in [-0.4, -0.2) is 35.7 Å². The maximum atomic E-state index is 16.0. The van der Waals surface area contributed by atoms with Crippen LogP contribution < -0.4 is 14.8 Å². The summed E-state index contributed by atoms with van der Waals surface area (Å²) in [5.41, 5.74) is -0.811. The molecule has 1 aliphatic heterocycles. The monoisotopic (exact) mass is 702 g/mol. The summed E-state index contributed by atoms with van der Waals surface area (Å²) in [6.45, 7) is -2.95. The predicted molar refractivity (Wildman–Crippen MR) is 184 cm³/mol. The molecule has 51 heavy (non-hydrogen) atoms. The van der Waals surface area contributed by atoms with Crippen molar-refractivity contribution in [1.29, 1.82) is 0 Å². The fourth-order valence-corrected chi connectivity index (χ4v) is 6.20. The average molecular weight is 703 g/mol. The lowest BCUT2D eigenvalue weighted by Gasteiger charge is -2.27.